The van der Waals surface area contributed by atoms with Crippen LogP contribution in [-0.4, -0.2) is 0 Å². The third-order valence-corrected chi connectivity index (χ3v) is 1.87. The van der Waals surface area contributed by atoms with Gasteiger partial charge in [0.05, 0.1) is 0 Å². The van der Waals surface area contributed by atoms with Crippen LogP contribution in [-0.2, 0) is 5.41 Å². The predicted molar refractivity (Wildman–Crippen MR) is 48.7 cm³/mol. The molecule has 0 aliphatic rings. The van der Waals surface area contributed by atoms with Gasteiger partial charge in [0.25, 0.3) is 0 Å². The lowest BCUT2D eigenvalue weighted by Gasteiger charge is -2.20. The zero-order valence-corrected chi connectivity index (χ0v) is 7.73. The van der Waals surface area contributed by atoms with Gasteiger partial charge in [0.2, 0.25) is 0 Å². The fourth-order valence-electron chi connectivity index (χ4n) is 1.33. The zero-order chi connectivity index (χ0) is 8.48. The molecule has 0 bridgehead atoms. The van der Waals surface area contributed by atoms with E-state index in [0.717, 1.165) is 0 Å². The number of benzene rings is 1. The maximum atomic E-state index is 3.21. The molecule has 0 aliphatic heterocycles. The first-order chi connectivity index (χ1) is 5.02. The Kier molecular flexibility index (Phi) is 2.03. The zero-order valence-electron chi connectivity index (χ0n) is 7.73. The van der Waals surface area contributed by atoms with Gasteiger partial charge in [0, 0.05) is 0 Å². The van der Waals surface area contributed by atoms with Crippen molar-refractivity contribution < 1.29 is 0 Å². The van der Waals surface area contributed by atoms with Crippen molar-refractivity contribution in [2.45, 2.75) is 33.1 Å². The predicted octanol–water partition coefficient (Wildman–Crippen LogP) is 3.09. The first-order valence-electron chi connectivity index (χ1n) is 3.99. The molecule has 0 nitrogen and oxygen atoms in total. The third kappa shape index (κ3) is 1.83. The van der Waals surface area contributed by atoms with Crippen LogP contribution in [0.25, 0.3) is 0 Å². The molecule has 59 valence electrons. The summed E-state index contributed by atoms with van der Waals surface area (Å²) in [6, 6.07) is 9.39. The van der Waals surface area contributed by atoms with Crippen molar-refractivity contribution >= 4 is 0 Å². The third-order valence-electron chi connectivity index (χ3n) is 1.87. The molecule has 0 aromatic heterocycles. The fraction of sp³-hybridized carbons (Fsp3) is 0.455. The molecule has 0 N–H and O–H groups in total. The molecule has 0 spiro atoms. The van der Waals surface area contributed by atoms with Crippen LogP contribution in [0.1, 0.15) is 31.9 Å². The normalized spacial score (nSPS) is 11.6. The Labute approximate surface area is 69.3 Å². The molecule has 0 heteroatoms. The van der Waals surface area contributed by atoms with Crippen molar-refractivity contribution in [2.75, 3.05) is 0 Å². The summed E-state index contributed by atoms with van der Waals surface area (Å²) >= 11 is 0. The Morgan fingerprint density at radius 2 is 1.91 bits per heavy atom. The van der Waals surface area contributed by atoms with Gasteiger partial charge >= 0.3 is 0 Å². The van der Waals surface area contributed by atoms with E-state index in [1.54, 1.807) is 0 Å². The molecular formula is C11H15. The summed E-state index contributed by atoms with van der Waals surface area (Å²) in [4.78, 5) is 0. The van der Waals surface area contributed by atoms with E-state index >= 15 is 0 Å². The molecule has 0 saturated heterocycles. The minimum Gasteiger partial charge on any atom is -0.0613 e. The maximum Gasteiger partial charge on any atom is -0.0129 e. The number of aryl methyl sites for hydroxylation is 1. The van der Waals surface area contributed by atoms with E-state index in [-0.39, 0.29) is 5.41 Å². The van der Waals surface area contributed by atoms with Crippen molar-refractivity contribution in [2.24, 2.45) is 0 Å². The maximum absolute atomic E-state index is 3.21. The van der Waals surface area contributed by atoms with Crippen LogP contribution < -0.4 is 0 Å². The van der Waals surface area contributed by atoms with Crippen LogP contribution >= 0.6 is 0 Å². The van der Waals surface area contributed by atoms with Gasteiger partial charge in [-0.2, -0.15) is 0 Å². The Hall–Kier alpha value is -0.780. The van der Waals surface area contributed by atoms with Crippen LogP contribution in [0.2, 0.25) is 0 Å². The standard InChI is InChI=1S/C11H15/c1-9-7-5-6-8-10(9)11(2,3)4/h5-6,8H,1-4H3. The van der Waals surface area contributed by atoms with E-state index in [9.17, 15) is 0 Å². The molecule has 0 aliphatic carbocycles. The average Bonchev–Trinajstić information content (AvgIpc) is 1.86. The topological polar surface area (TPSA) is 0 Å². The highest BCUT2D eigenvalue weighted by Gasteiger charge is 2.14. The highest BCUT2D eigenvalue weighted by atomic mass is 14.2. The SMILES string of the molecule is Cc1[c]cccc1C(C)(C)C. The Morgan fingerprint density at radius 1 is 1.27 bits per heavy atom. The number of rotatable bonds is 0. The van der Waals surface area contributed by atoms with Gasteiger partial charge in [-0.1, -0.05) is 39.0 Å². The van der Waals surface area contributed by atoms with E-state index in [4.69, 9.17) is 0 Å². The number of hydrogen-bond acceptors (Lipinski definition) is 0. The van der Waals surface area contributed by atoms with E-state index in [1.807, 2.05) is 12.1 Å². The van der Waals surface area contributed by atoms with Crippen molar-refractivity contribution in [3.63, 3.8) is 0 Å². The van der Waals surface area contributed by atoms with Crippen molar-refractivity contribution in [1.29, 1.82) is 0 Å². The van der Waals surface area contributed by atoms with E-state index < -0.39 is 0 Å². The van der Waals surface area contributed by atoms with E-state index in [1.165, 1.54) is 11.1 Å². The van der Waals surface area contributed by atoms with Gasteiger partial charge in [-0.05, 0) is 29.5 Å². The van der Waals surface area contributed by atoms with E-state index in [0.29, 0.717) is 0 Å². The second kappa shape index (κ2) is 2.69. The molecule has 0 heterocycles. The minimum atomic E-state index is 0.252. The molecular weight excluding hydrogens is 132 g/mol. The fourth-order valence-corrected chi connectivity index (χ4v) is 1.33. The van der Waals surface area contributed by atoms with Gasteiger partial charge in [-0.25, -0.2) is 0 Å². The largest absolute Gasteiger partial charge is 0.0613 e. The smallest absolute Gasteiger partial charge is 0.0129 e. The van der Waals surface area contributed by atoms with Crippen LogP contribution in [0.4, 0.5) is 0 Å². The van der Waals surface area contributed by atoms with Crippen molar-refractivity contribution in [3.05, 3.63) is 35.4 Å². The van der Waals surface area contributed by atoms with E-state index in [2.05, 4.69) is 39.8 Å². The monoisotopic (exact) mass is 147 g/mol. The van der Waals surface area contributed by atoms with Crippen molar-refractivity contribution in [1.82, 2.24) is 0 Å². The molecule has 1 aromatic rings. The molecule has 1 aromatic carbocycles. The van der Waals surface area contributed by atoms with Gasteiger partial charge in [0.1, 0.15) is 0 Å². The summed E-state index contributed by atoms with van der Waals surface area (Å²) in [5, 5.41) is 0. The van der Waals surface area contributed by atoms with Crippen LogP contribution in [0.5, 0.6) is 0 Å². The van der Waals surface area contributed by atoms with Gasteiger partial charge in [-0.15, -0.1) is 0 Å². The molecule has 0 saturated carbocycles. The molecule has 0 fully saturated rings. The van der Waals surface area contributed by atoms with Crippen LogP contribution in [0.15, 0.2) is 18.2 Å². The second-order valence-corrected chi connectivity index (χ2v) is 3.96. The first-order valence-corrected chi connectivity index (χ1v) is 3.99. The molecule has 11 heavy (non-hydrogen) atoms. The van der Waals surface area contributed by atoms with Gasteiger partial charge in [0.15, 0.2) is 0 Å². The van der Waals surface area contributed by atoms with Crippen LogP contribution in [0.3, 0.4) is 0 Å². The average molecular weight is 147 g/mol. The second-order valence-electron chi connectivity index (χ2n) is 3.96. The molecule has 0 amide bonds. The lowest BCUT2D eigenvalue weighted by Crippen LogP contribution is -2.12. The number of hydrogen-bond donors (Lipinski definition) is 0. The summed E-state index contributed by atoms with van der Waals surface area (Å²) in [6.45, 7) is 8.79. The molecule has 0 atom stereocenters. The Balaban J connectivity index is 3.14. The summed E-state index contributed by atoms with van der Waals surface area (Å²) in [5.74, 6) is 0. The van der Waals surface area contributed by atoms with Crippen LogP contribution in [0, 0.1) is 13.0 Å². The molecule has 0 unspecified atom stereocenters. The summed E-state index contributed by atoms with van der Waals surface area (Å²) < 4.78 is 0. The summed E-state index contributed by atoms with van der Waals surface area (Å²) in [6.07, 6.45) is 0. The van der Waals surface area contributed by atoms with Gasteiger partial charge in [-0.3, -0.25) is 0 Å². The molecule has 1 rings (SSSR count). The minimum absolute atomic E-state index is 0.252. The summed E-state index contributed by atoms with van der Waals surface area (Å²) in [7, 11) is 0. The lowest BCUT2D eigenvalue weighted by atomic mass is 9.84. The lowest BCUT2D eigenvalue weighted by molar-refractivity contribution is 0.586. The van der Waals surface area contributed by atoms with Gasteiger partial charge < -0.3 is 0 Å². The highest BCUT2D eigenvalue weighted by molar-refractivity contribution is 5.30. The first kappa shape index (κ1) is 8.32. The van der Waals surface area contributed by atoms with Crippen molar-refractivity contribution in [3.8, 4) is 0 Å². The quantitative estimate of drug-likeness (QED) is 0.529. The highest BCUT2D eigenvalue weighted by Crippen LogP contribution is 2.24. The summed E-state index contributed by atoms with van der Waals surface area (Å²) in [5.41, 5.74) is 2.90. The molecule has 1 radical (unpaired) electrons. The Morgan fingerprint density at radius 3 is 2.27 bits per heavy atom. The Bertz CT molecular complexity index is 240.